The normalized spacial score (nSPS) is 16.8. The van der Waals surface area contributed by atoms with Crippen LogP contribution in [0, 0.1) is 11.3 Å². The van der Waals surface area contributed by atoms with Crippen LogP contribution >= 0.6 is 12.4 Å². The predicted molar refractivity (Wildman–Crippen MR) is 110 cm³/mol. The molecule has 0 spiro atoms. The molecule has 1 aromatic rings. The van der Waals surface area contributed by atoms with Gasteiger partial charge in [0.15, 0.2) is 0 Å². The minimum atomic E-state index is 0. The summed E-state index contributed by atoms with van der Waals surface area (Å²) in [6.45, 7) is 10.3. The second-order valence-corrected chi connectivity index (χ2v) is 8.37. The lowest BCUT2D eigenvalue weighted by atomic mass is 9.95. The van der Waals surface area contributed by atoms with E-state index in [1.54, 1.807) is 7.11 Å². The van der Waals surface area contributed by atoms with Crippen LogP contribution < -0.4 is 10.1 Å². The Morgan fingerprint density at radius 3 is 2.50 bits per heavy atom. The van der Waals surface area contributed by atoms with Crippen molar-refractivity contribution >= 4 is 18.3 Å². The van der Waals surface area contributed by atoms with E-state index in [4.69, 9.17) is 4.74 Å². The van der Waals surface area contributed by atoms with Crippen LogP contribution in [0.25, 0.3) is 0 Å². The van der Waals surface area contributed by atoms with Gasteiger partial charge in [0.2, 0.25) is 5.91 Å². The van der Waals surface area contributed by atoms with E-state index in [0.717, 1.165) is 44.8 Å². The third kappa shape index (κ3) is 7.96. The maximum absolute atomic E-state index is 12.8. The van der Waals surface area contributed by atoms with Gasteiger partial charge in [-0.2, -0.15) is 0 Å². The van der Waals surface area contributed by atoms with Crippen LogP contribution in [0.1, 0.15) is 45.6 Å². The van der Waals surface area contributed by atoms with Gasteiger partial charge < -0.3 is 15.0 Å². The lowest BCUT2D eigenvalue weighted by molar-refractivity contribution is -0.132. The number of nitrogens with one attached hydrogen (secondary N) is 1. The molecule has 26 heavy (non-hydrogen) atoms. The Balaban J connectivity index is 0.00000338. The second-order valence-electron chi connectivity index (χ2n) is 8.37. The van der Waals surface area contributed by atoms with E-state index in [9.17, 15) is 4.79 Å². The van der Waals surface area contributed by atoms with Gasteiger partial charge in [-0.15, -0.1) is 12.4 Å². The van der Waals surface area contributed by atoms with Crippen LogP contribution in [0.4, 0.5) is 0 Å². The molecule has 1 aliphatic heterocycles. The number of hydrogen-bond acceptors (Lipinski definition) is 3. The summed E-state index contributed by atoms with van der Waals surface area (Å²) in [5.41, 5.74) is 1.36. The van der Waals surface area contributed by atoms with Crippen LogP contribution in [-0.2, 0) is 11.2 Å². The minimum absolute atomic E-state index is 0. The zero-order chi connectivity index (χ0) is 18.3. The van der Waals surface area contributed by atoms with Gasteiger partial charge in [0.25, 0.3) is 0 Å². The molecular formula is C21H35ClN2O2. The summed E-state index contributed by atoms with van der Waals surface area (Å²) in [6, 6.07) is 8.14. The van der Waals surface area contributed by atoms with Gasteiger partial charge in [0.1, 0.15) is 5.75 Å². The number of benzene rings is 1. The van der Waals surface area contributed by atoms with Crippen molar-refractivity contribution in [2.45, 2.75) is 46.5 Å². The topological polar surface area (TPSA) is 41.6 Å². The average Bonchev–Trinajstić information content (AvgIpc) is 3.09. The molecule has 1 saturated heterocycles. The second kappa shape index (κ2) is 10.8. The Morgan fingerprint density at radius 2 is 1.96 bits per heavy atom. The zero-order valence-corrected chi connectivity index (χ0v) is 17.5. The molecule has 4 nitrogen and oxygen atoms in total. The number of carbonyl (C=O) groups is 1. The molecule has 0 aliphatic carbocycles. The molecule has 0 radical (unpaired) electrons. The first-order chi connectivity index (χ1) is 11.9. The monoisotopic (exact) mass is 382 g/mol. The summed E-state index contributed by atoms with van der Waals surface area (Å²) in [5.74, 6) is 1.84. The van der Waals surface area contributed by atoms with E-state index in [1.165, 1.54) is 12.0 Å². The molecule has 1 fully saturated rings. The minimum Gasteiger partial charge on any atom is -0.497 e. The summed E-state index contributed by atoms with van der Waals surface area (Å²) >= 11 is 0. The highest BCUT2D eigenvalue weighted by Crippen LogP contribution is 2.20. The Labute approximate surface area is 165 Å². The van der Waals surface area contributed by atoms with E-state index < -0.39 is 0 Å². The summed E-state index contributed by atoms with van der Waals surface area (Å²) < 4.78 is 5.21. The smallest absolute Gasteiger partial charge is 0.222 e. The number of methoxy groups -OCH3 is 1. The van der Waals surface area contributed by atoms with Gasteiger partial charge in [-0.05, 0) is 61.4 Å². The molecule has 1 atom stereocenters. The SMILES string of the molecule is COc1ccc(CCN(CC(C)(C)C)C(=O)CCC2CCNC2)cc1.Cl. The number of carbonyl (C=O) groups excluding carboxylic acids is 1. The largest absolute Gasteiger partial charge is 0.497 e. The van der Waals surface area contributed by atoms with Crippen LogP contribution in [0.3, 0.4) is 0 Å². The Bertz CT molecular complexity index is 534. The number of nitrogens with zero attached hydrogens (tertiary/aromatic N) is 1. The van der Waals surface area contributed by atoms with Gasteiger partial charge in [-0.1, -0.05) is 32.9 Å². The maximum Gasteiger partial charge on any atom is 0.222 e. The molecule has 0 aromatic heterocycles. The van der Waals surface area contributed by atoms with Crippen molar-refractivity contribution < 1.29 is 9.53 Å². The van der Waals surface area contributed by atoms with E-state index in [1.807, 2.05) is 12.1 Å². The molecule has 1 aromatic carbocycles. The number of ether oxygens (including phenoxy) is 1. The van der Waals surface area contributed by atoms with Crippen molar-refractivity contribution in [2.75, 3.05) is 33.3 Å². The third-order valence-corrected chi connectivity index (χ3v) is 4.78. The quantitative estimate of drug-likeness (QED) is 0.740. The van der Waals surface area contributed by atoms with Gasteiger partial charge in [-0.3, -0.25) is 4.79 Å². The molecule has 148 valence electrons. The van der Waals surface area contributed by atoms with E-state index in [-0.39, 0.29) is 17.8 Å². The molecule has 5 heteroatoms. The summed E-state index contributed by atoms with van der Waals surface area (Å²) in [7, 11) is 1.68. The molecule has 0 bridgehead atoms. The molecule has 1 N–H and O–H groups in total. The van der Waals surface area contributed by atoms with Gasteiger partial charge in [-0.25, -0.2) is 0 Å². The lowest BCUT2D eigenvalue weighted by Crippen LogP contribution is -2.39. The van der Waals surface area contributed by atoms with Crippen LogP contribution in [0.15, 0.2) is 24.3 Å². The highest BCUT2D eigenvalue weighted by Gasteiger charge is 2.22. The standard InChI is InChI=1S/C21H34N2O2.ClH/c1-21(2,3)16-23(20(24)10-7-18-11-13-22-15-18)14-12-17-5-8-19(25-4)9-6-17;/h5-6,8-9,18,22H,7,10-16H2,1-4H3;1H. The van der Waals surface area contributed by atoms with E-state index >= 15 is 0 Å². The summed E-state index contributed by atoms with van der Waals surface area (Å²) in [5, 5.41) is 3.38. The fourth-order valence-corrected chi connectivity index (χ4v) is 3.37. The van der Waals surface area contributed by atoms with Crippen LogP contribution in [0.5, 0.6) is 5.75 Å². The lowest BCUT2D eigenvalue weighted by Gasteiger charge is -2.30. The first kappa shape index (κ1) is 22.8. The molecule has 1 amide bonds. The Kier molecular flexibility index (Phi) is 9.45. The van der Waals surface area contributed by atoms with Crippen molar-refractivity contribution in [3.63, 3.8) is 0 Å². The van der Waals surface area contributed by atoms with Crippen molar-refractivity contribution in [1.82, 2.24) is 10.2 Å². The van der Waals surface area contributed by atoms with Gasteiger partial charge in [0, 0.05) is 19.5 Å². The molecule has 1 aliphatic rings. The van der Waals surface area contributed by atoms with Gasteiger partial charge in [0.05, 0.1) is 7.11 Å². The first-order valence-electron chi connectivity index (χ1n) is 9.49. The Hall–Kier alpha value is -1.26. The fraction of sp³-hybridized carbons (Fsp3) is 0.667. The molecular weight excluding hydrogens is 348 g/mol. The molecule has 2 rings (SSSR count). The third-order valence-electron chi connectivity index (χ3n) is 4.78. The van der Waals surface area contributed by atoms with Crippen LogP contribution in [0.2, 0.25) is 0 Å². The number of hydrogen-bond donors (Lipinski definition) is 1. The predicted octanol–water partition coefficient (Wildman–Crippen LogP) is 3.92. The Morgan fingerprint density at radius 1 is 1.27 bits per heavy atom. The van der Waals surface area contributed by atoms with Crippen molar-refractivity contribution in [2.24, 2.45) is 11.3 Å². The number of amides is 1. The molecule has 0 saturated carbocycles. The number of rotatable bonds is 8. The maximum atomic E-state index is 12.8. The average molecular weight is 383 g/mol. The zero-order valence-electron chi connectivity index (χ0n) is 16.7. The van der Waals surface area contributed by atoms with Crippen molar-refractivity contribution in [3.05, 3.63) is 29.8 Å². The van der Waals surface area contributed by atoms with Gasteiger partial charge >= 0.3 is 0 Å². The van der Waals surface area contributed by atoms with Crippen molar-refractivity contribution in [1.29, 1.82) is 0 Å². The van der Waals surface area contributed by atoms with E-state index in [2.05, 4.69) is 43.1 Å². The summed E-state index contributed by atoms with van der Waals surface area (Å²) in [6.07, 6.45) is 3.77. The molecule has 1 unspecified atom stereocenters. The highest BCUT2D eigenvalue weighted by molar-refractivity contribution is 5.85. The van der Waals surface area contributed by atoms with E-state index in [0.29, 0.717) is 18.2 Å². The summed E-state index contributed by atoms with van der Waals surface area (Å²) in [4.78, 5) is 14.8. The van der Waals surface area contributed by atoms with Crippen LogP contribution in [-0.4, -0.2) is 44.1 Å². The fourth-order valence-electron chi connectivity index (χ4n) is 3.37. The van der Waals surface area contributed by atoms with Crippen molar-refractivity contribution in [3.8, 4) is 5.75 Å². The molecule has 1 heterocycles. The first-order valence-corrected chi connectivity index (χ1v) is 9.49. The highest BCUT2D eigenvalue weighted by atomic mass is 35.5. The number of halogens is 1.